The van der Waals surface area contributed by atoms with Crippen LogP contribution in [0.25, 0.3) is 11.1 Å². The molecule has 3 aromatic rings. The van der Waals surface area contributed by atoms with Crippen LogP contribution >= 0.6 is 0 Å². The molecule has 4 heterocycles. The van der Waals surface area contributed by atoms with E-state index in [9.17, 15) is 18.0 Å². The topological polar surface area (TPSA) is 93.1 Å². The lowest BCUT2D eigenvalue weighted by Crippen LogP contribution is -2.25. The number of rotatable bonds is 5. The molecule has 1 aliphatic rings. The summed E-state index contributed by atoms with van der Waals surface area (Å²) in [5.41, 5.74) is 1.44. The van der Waals surface area contributed by atoms with Crippen LogP contribution in [0, 0.1) is 6.92 Å². The first-order valence-electron chi connectivity index (χ1n) is 9.76. The van der Waals surface area contributed by atoms with Crippen molar-refractivity contribution in [1.82, 2.24) is 19.9 Å². The molecule has 1 saturated heterocycles. The van der Waals surface area contributed by atoms with E-state index in [0.29, 0.717) is 41.7 Å². The molecule has 4 rings (SSSR count). The molecule has 166 valence electrons. The summed E-state index contributed by atoms with van der Waals surface area (Å²) in [7, 11) is 0. The van der Waals surface area contributed by atoms with Gasteiger partial charge in [0.05, 0.1) is 18.3 Å². The summed E-state index contributed by atoms with van der Waals surface area (Å²) in [4.78, 5) is 29.5. The zero-order chi connectivity index (χ0) is 22.9. The van der Waals surface area contributed by atoms with Crippen LogP contribution in [0.5, 0.6) is 0 Å². The van der Waals surface area contributed by atoms with E-state index in [1.165, 1.54) is 23.4 Å². The number of alkyl halides is 3. The van der Waals surface area contributed by atoms with Crippen LogP contribution in [0.3, 0.4) is 0 Å². The fraction of sp³-hybridized carbons (Fsp3) is 0.286. The molecule has 0 spiro atoms. The molecule has 0 saturated carbocycles. The lowest BCUT2D eigenvalue weighted by atomic mass is 10.0. The lowest BCUT2D eigenvalue weighted by Gasteiger charge is -2.17. The molecule has 11 heteroatoms. The van der Waals surface area contributed by atoms with Gasteiger partial charge in [-0.3, -0.25) is 14.9 Å². The first kappa shape index (κ1) is 21.5. The van der Waals surface area contributed by atoms with Crippen molar-refractivity contribution in [2.75, 3.05) is 23.4 Å². The number of anilines is 2. The van der Waals surface area contributed by atoms with E-state index >= 15 is 0 Å². The van der Waals surface area contributed by atoms with Crippen molar-refractivity contribution < 1.29 is 22.7 Å². The van der Waals surface area contributed by atoms with Crippen molar-refractivity contribution in [1.29, 1.82) is 0 Å². The second-order valence-corrected chi connectivity index (χ2v) is 7.22. The van der Waals surface area contributed by atoms with Crippen molar-refractivity contribution in [3.8, 4) is 11.1 Å². The maximum Gasteiger partial charge on any atom is 0.433 e. The number of carbonyl (C=O) groups excluding carboxylic acids is 1. The number of nitrogens with zero attached hydrogens (tertiary/aromatic N) is 5. The van der Waals surface area contributed by atoms with Crippen molar-refractivity contribution in [2.24, 2.45) is 0 Å². The smallest absolute Gasteiger partial charge is 0.433 e. The number of halogens is 3. The SMILES string of the molecule is Cc1cc(C(C)Nc2nccc(N3CCOC3=O)n2)ncc1-c1ccnc(C(F)(F)F)c1. The number of aryl methyl sites for hydroxylation is 1. The van der Waals surface area contributed by atoms with Crippen LogP contribution in [0.4, 0.5) is 29.7 Å². The maximum absolute atomic E-state index is 13.0. The number of aromatic nitrogens is 4. The molecule has 0 radical (unpaired) electrons. The summed E-state index contributed by atoms with van der Waals surface area (Å²) in [5, 5.41) is 3.13. The highest BCUT2D eigenvalue weighted by Gasteiger charge is 2.32. The monoisotopic (exact) mass is 444 g/mol. The van der Waals surface area contributed by atoms with Crippen LogP contribution in [-0.4, -0.2) is 39.2 Å². The minimum atomic E-state index is -4.52. The summed E-state index contributed by atoms with van der Waals surface area (Å²) in [6.45, 7) is 4.38. The van der Waals surface area contributed by atoms with E-state index in [1.54, 1.807) is 19.1 Å². The predicted molar refractivity (Wildman–Crippen MR) is 110 cm³/mol. The zero-order valence-electron chi connectivity index (χ0n) is 17.2. The van der Waals surface area contributed by atoms with Gasteiger partial charge in [-0.25, -0.2) is 9.78 Å². The fourth-order valence-corrected chi connectivity index (χ4v) is 3.31. The molecule has 1 N–H and O–H groups in total. The van der Waals surface area contributed by atoms with E-state index in [0.717, 1.165) is 17.8 Å². The molecule has 0 aliphatic carbocycles. The molecular formula is C21H19F3N6O2. The number of ether oxygens (including phenoxy) is 1. The molecule has 0 aromatic carbocycles. The van der Waals surface area contributed by atoms with Crippen LogP contribution < -0.4 is 10.2 Å². The second kappa shape index (κ2) is 8.40. The quantitative estimate of drug-likeness (QED) is 0.624. The number of pyridine rings is 2. The van der Waals surface area contributed by atoms with Gasteiger partial charge in [0.1, 0.15) is 18.1 Å². The van der Waals surface area contributed by atoms with Gasteiger partial charge in [-0.1, -0.05) is 0 Å². The third-order valence-corrected chi connectivity index (χ3v) is 4.96. The number of amides is 1. The van der Waals surface area contributed by atoms with Crippen molar-refractivity contribution >= 4 is 17.9 Å². The highest BCUT2D eigenvalue weighted by Crippen LogP contribution is 2.32. The van der Waals surface area contributed by atoms with E-state index in [1.807, 2.05) is 6.92 Å². The Morgan fingerprint density at radius 2 is 1.94 bits per heavy atom. The van der Waals surface area contributed by atoms with Crippen molar-refractivity contribution in [2.45, 2.75) is 26.1 Å². The number of carbonyl (C=O) groups is 1. The summed E-state index contributed by atoms with van der Waals surface area (Å²) >= 11 is 0. The van der Waals surface area contributed by atoms with Gasteiger partial charge < -0.3 is 10.1 Å². The van der Waals surface area contributed by atoms with Gasteiger partial charge >= 0.3 is 12.3 Å². The first-order chi connectivity index (χ1) is 15.2. The standard InChI is InChI=1S/C21H19F3N6O2/c1-12-9-16(27-11-15(12)14-3-5-25-17(10-14)21(22,23)24)13(2)28-19-26-6-4-18(29-19)30-7-8-32-20(30)31/h3-6,9-11,13H,7-8H2,1-2H3,(H,26,28,29). The Labute approximate surface area is 181 Å². The molecule has 1 fully saturated rings. The van der Waals surface area contributed by atoms with Crippen molar-refractivity contribution in [3.05, 3.63) is 59.8 Å². The van der Waals surface area contributed by atoms with Crippen LogP contribution in [-0.2, 0) is 10.9 Å². The Morgan fingerprint density at radius 1 is 1.16 bits per heavy atom. The molecule has 0 bridgehead atoms. The first-order valence-corrected chi connectivity index (χ1v) is 9.76. The van der Waals surface area contributed by atoms with Gasteiger partial charge in [-0.05, 0) is 49.2 Å². The Kier molecular flexibility index (Phi) is 5.64. The Hall–Kier alpha value is -3.76. The molecule has 1 atom stereocenters. The van der Waals surface area contributed by atoms with Crippen molar-refractivity contribution in [3.63, 3.8) is 0 Å². The van der Waals surface area contributed by atoms with Crippen LogP contribution in [0.2, 0.25) is 0 Å². The number of hydrogen-bond acceptors (Lipinski definition) is 7. The molecule has 3 aromatic heterocycles. The molecule has 1 amide bonds. The van der Waals surface area contributed by atoms with Gasteiger partial charge in [0, 0.05) is 24.2 Å². The summed E-state index contributed by atoms with van der Waals surface area (Å²) in [5.74, 6) is 0.733. The molecule has 1 unspecified atom stereocenters. The van der Waals surface area contributed by atoms with Gasteiger partial charge in [0.25, 0.3) is 0 Å². The van der Waals surface area contributed by atoms with E-state index in [-0.39, 0.29) is 6.04 Å². The maximum atomic E-state index is 13.0. The average molecular weight is 444 g/mol. The Balaban J connectivity index is 1.53. The Bertz CT molecular complexity index is 1150. The zero-order valence-corrected chi connectivity index (χ0v) is 17.2. The fourth-order valence-electron chi connectivity index (χ4n) is 3.31. The minimum absolute atomic E-state index is 0.299. The molecular weight excluding hydrogens is 425 g/mol. The number of nitrogens with one attached hydrogen (secondary N) is 1. The third kappa shape index (κ3) is 4.46. The lowest BCUT2D eigenvalue weighted by molar-refractivity contribution is -0.141. The third-order valence-electron chi connectivity index (χ3n) is 4.96. The van der Waals surface area contributed by atoms with Gasteiger partial charge in [0.2, 0.25) is 5.95 Å². The Morgan fingerprint density at radius 3 is 2.62 bits per heavy atom. The highest BCUT2D eigenvalue weighted by molar-refractivity contribution is 5.88. The molecule has 1 aliphatic heterocycles. The minimum Gasteiger partial charge on any atom is -0.447 e. The van der Waals surface area contributed by atoms with Gasteiger partial charge in [-0.15, -0.1) is 0 Å². The largest absolute Gasteiger partial charge is 0.447 e. The highest BCUT2D eigenvalue weighted by atomic mass is 19.4. The van der Waals surface area contributed by atoms with E-state index < -0.39 is 18.0 Å². The van der Waals surface area contributed by atoms with Gasteiger partial charge in [-0.2, -0.15) is 18.2 Å². The second-order valence-electron chi connectivity index (χ2n) is 7.22. The predicted octanol–water partition coefficient (Wildman–Crippen LogP) is 4.39. The summed E-state index contributed by atoms with van der Waals surface area (Å²) < 4.78 is 43.9. The van der Waals surface area contributed by atoms with E-state index in [4.69, 9.17) is 4.74 Å². The van der Waals surface area contributed by atoms with E-state index in [2.05, 4.69) is 25.3 Å². The number of cyclic esters (lactones) is 1. The van der Waals surface area contributed by atoms with Crippen LogP contribution in [0.1, 0.15) is 29.9 Å². The summed E-state index contributed by atoms with van der Waals surface area (Å²) in [6.07, 6.45) is -0.769. The average Bonchev–Trinajstić information content (AvgIpc) is 3.19. The van der Waals surface area contributed by atoms with Gasteiger partial charge in [0.15, 0.2) is 0 Å². The normalized spacial score (nSPS) is 14.9. The number of hydrogen-bond donors (Lipinski definition) is 1. The molecule has 32 heavy (non-hydrogen) atoms. The summed E-state index contributed by atoms with van der Waals surface area (Å²) in [6, 6.07) is 5.63. The van der Waals surface area contributed by atoms with Crippen LogP contribution in [0.15, 0.2) is 42.9 Å². The molecule has 8 nitrogen and oxygen atoms in total.